The second-order valence-corrected chi connectivity index (χ2v) is 21.5. The molecule has 0 radical (unpaired) electrons. The molecule has 0 unspecified atom stereocenters. The maximum atomic E-state index is 14.9. The molecule has 1 fully saturated rings. The maximum absolute atomic E-state index is 14.9. The minimum atomic E-state index is -1.64. The van der Waals surface area contributed by atoms with Crippen molar-refractivity contribution in [3.8, 4) is 0 Å². The molecule has 2 heterocycles. The predicted octanol–water partition coefficient (Wildman–Crippen LogP) is 1.94. The summed E-state index contributed by atoms with van der Waals surface area (Å²) in [6, 6.07) is 17.2. The summed E-state index contributed by atoms with van der Waals surface area (Å²) in [6.45, 7) is 3.96. The summed E-state index contributed by atoms with van der Waals surface area (Å²) in [5.74, 6) is -7.72. The lowest BCUT2D eigenvalue weighted by Crippen LogP contribution is -2.60. The SMILES string of the molecule is CCC(=O)C[C@H](Cc1ccccc1)C(=O)N[C@H]1CSSC[C@@H](C(=O)N[C@H](CO)[C@@H](C)O)NC(=O)[C@H]([C@@H](C)O)NC(=O)[C@H](CCCCN)CC(=O)[C@@H](Cc2c[nH]c3ccccc23)NC(=O)[C@H](Cc2ccccc2)NC1=O. The summed E-state index contributed by atoms with van der Waals surface area (Å²) in [4.78, 5) is 117. The number of carbonyl (C=O) groups is 8. The normalized spacial score (nSPS) is 22.3. The van der Waals surface area contributed by atoms with Crippen LogP contribution in [0.5, 0.6) is 0 Å². The van der Waals surface area contributed by atoms with Crippen molar-refractivity contribution in [2.45, 2.75) is 127 Å². The molecule has 10 atom stereocenters. The maximum Gasteiger partial charge on any atom is 0.245 e. The van der Waals surface area contributed by atoms with Crippen molar-refractivity contribution >= 4 is 79.5 Å². The molecule has 0 bridgehead atoms. The van der Waals surface area contributed by atoms with Gasteiger partial charge in [0.05, 0.1) is 30.9 Å². The zero-order valence-electron chi connectivity index (χ0n) is 42.6. The molecule has 1 saturated heterocycles. The number of aliphatic hydroxyl groups is 3. The smallest absolute Gasteiger partial charge is 0.245 e. The van der Waals surface area contributed by atoms with Crippen LogP contribution in [0.25, 0.3) is 10.9 Å². The minimum Gasteiger partial charge on any atom is -0.394 e. The van der Waals surface area contributed by atoms with Crippen molar-refractivity contribution in [3.05, 3.63) is 108 Å². The monoisotopic (exact) mass is 1070 g/mol. The number of hydrogen-bond acceptors (Lipinski definition) is 14. The molecule has 0 aliphatic carbocycles. The van der Waals surface area contributed by atoms with Gasteiger partial charge in [-0.25, -0.2) is 0 Å². The quantitative estimate of drug-likeness (QED) is 0.0446. The number of benzene rings is 3. The van der Waals surface area contributed by atoms with E-state index in [-0.39, 0.29) is 62.4 Å². The highest BCUT2D eigenvalue weighted by molar-refractivity contribution is 8.76. The number of unbranched alkanes of at least 4 members (excludes halogenated alkanes) is 1. The zero-order chi connectivity index (χ0) is 54.4. The number of aliphatic hydroxyl groups excluding tert-OH is 3. The second-order valence-electron chi connectivity index (χ2n) is 19.0. The summed E-state index contributed by atoms with van der Waals surface area (Å²) >= 11 is 0. The number of nitrogens with one attached hydrogen (secondary N) is 7. The lowest BCUT2D eigenvalue weighted by atomic mass is 9.90. The number of Topliss-reactive ketones (excluding diaryl/α,β-unsaturated/α-hetero) is 2. The van der Waals surface area contributed by atoms with Crippen molar-refractivity contribution in [1.29, 1.82) is 0 Å². The van der Waals surface area contributed by atoms with Gasteiger partial charge in [-0.3, -0.25) is 38.4 Å². The highest BCUT2D eigenvalue weighted by Gasteiger charge is 2.37. The zero-order valence-corrected chi connectivity index (χ0v) is 44.3. The summed E-state index contributed by atoms with van der Waals surface area (Å²) in [5.41, 5.74) is 8.73. The molecule has 21 heteroatoms. The van der Waals surface area contributed by atoms with E-state index in [4.69, 9.17) is 5.73 Å². The molecule has 1 aliphatic rings. The average Bonchev–Trinajstić information content (AvgIpc) is 3.81. The van der Waals surface area contributed by atoms with Gasteiger partial charge in [0.25, 0.3) is 0 Å². The van der Waals surface area contributed by atoms with Gasteiger partial charge in [-0.15, -0.1) is 0 Å². The van der Waals surface area contributed by atoms with Gasteiger partial charge in [0.1, 0.15) is 30.0 Å². The molecular formula is C54H72N8O11S2. The number of aromatic amines is 1. The standard InChI is InChI=1S/C54H72N8O11S2/c1-4-39(66)25-37(23-34-15-7-5-8-16-34)50(69)60-45-30-74-75-31-46(53(72)59-44(29-63)32(2)64)61-54(73)48(33(3)65)62-49(68)36(19-13-14-22-55)27-47(67)42(26-38-28-56-41-21-12-11-20-40(38)41)57-51(70)43(58-52(45)71)24-35-17-9-6-10-18-35/h5-12,15-18,20-21,28,32-33,36-37,42-46,48,56,63-65H,4,13-14,19,22-27,29-31,55H2,1-3H3,(H,57,70)(H,58,71)(H,59,72)(H,60,69)(H,61,73)(H,62,68)/t32-,33-,36-,37+,42-,43+,44-,45+,46+,48+/m1/s1. The first-order valence-corrected chi connectivity index (χ1v) is 27.9. The predicted molar refractivity (Wildman–Crippen MR) is 289 cm³/mol. The Morgan fingerprint density at radius 1 is 0.760 bits per heavy atom. The molecule has 0 saturated carbocycles. The van der Waals surface area contributed by atoms with Crippen molar-refractivity contribution < 1.29 is 53.7 Å². The fourth-order valence-electron chi connectivity index (χ4n) is 8.62. The number of hydrogen-bond donors (Lipinski definition) is 11. The first kappa shape index (κ1) is 59.8. The molecule has 3 aromatic carbocycles. The number of ketones is 2. The van der Waals surface area contributed by atoms with Crippen LogP contribution in [0.3, 0.4) is 0 Å². The third-order valence-electron chi connectivity index (χ3n) is 13.1. The van der Waals surface area contributed by atoms with Crippen molar-refractivity contribution in [2.24, 2.45) is 17.6 Å². The van der Waals surface area contributed by atoms with Crippen molar-refractivity contribution in [3.63, 3.8) is 0 Å². The number of carbonyl (C=O) groups excluding carboxylic acids is 8. The second kappa shape index (κ2) is 30.5. The van der Waals surface area contributed by atoms with Gasteiger partial charge in [0.15, 0.2) is 5.78 Å². The lowest BCUT2D eigenvalue weighted by Gasteiger charge is -2.29. The number of aromatic nitrogens is 1. The number of amides is 6. The van der Waals surface area contributed by atoms with E-state index in [0.717, 1.165) is 38.1 Å². The van der Waals surface area contributed by atoms with E-state index in [2.05, 4.69) is 36.9 Å². The number of para-hydroxylation sites is 1. The van der Waals surface area contributed by atoms with Gasteiger partial charge in [-0.05, 0) is 62.4 Å². The van der Waals surface area contributed by atoms with E-state index in [9.17, 15) is 53.7 Å². The Morgan fingerprint density at radius 3 is 2.07 bits per heavy atom. The van der Waals surface area contributed by atoms with Gasteiger partial charge in [-0.1, -0.05) is 114 Å². The van der Waals surface area contributed by atoms with Gasteiger partial charge < -0.3 is 57.9 Å². The molecule has 1 aromatic heterocycles. The van der Waals surface area contributed by atoms with E-state index >= 15 is 0 Å². The third-order valence-corrected chi connectivity index (χ3v) is 15.5. The molecule has 12 N–H and O–H groups in total. The van der Waals surface area contributed by atoms with Gasteiger partial charge in [0.2, 0.25) is 35.4 Å². The first-order valence-electron chi connectivity index (χ1n) is 25.4. The third kappa shape index (κ3) is 18.6. The topological polar surface area (TPSA) is 311 Å². The van der Waals surface area contributed by atoms with Gasteiger partial charge in [0, 0.05) is 72.5 Å². The lowest BCUT2D eigenvalue weighted by molar-refractivity contribution is -0.137. The Kier molecular flexibility index (Phi) is 24.3. The van der Waals surface area contributed by atoms with Crippen molar-refractivity contribution in [2.75, 3.05) is 24.7 Å². The van der Waals surface area contributed by atoms with Crippen LogP contribution in [0.4, 0.5) is 0 Å². The van der Waals surface area contributed by atoms with E-state index in [1.165, 1.54) is 13.8 Å². The van der Waals surface area contributed by atoms with Crippen LogP contribution in [0.15, 0.2) is 91.1 Å². The molecule has 75 heavy (non-hydrogen) atoms. The Morgan fingerprint density at radius 2 is 1.41 bits per heavy atom. The first-order chi connectivity index (χ1) is 36.0. The Labute approximate surface area is 445 Å². The summed E-state index contributed by atoms with van der Waals surface area (Å²) in [7, 11) is 2.06. The van der Waals surface area contributed by atoms with E-state index in [1.807, 2.05) is 54.6 Å². The molecule has 5 rings (SSSR count). The number of rotatable bonds is 20. The molecule has 1 aliphatic heterocycles. The number of nitrogens with two attached hydrogens (primary N) is 1. The van der Waals surface area contributed by atoms with Crippen LogP contribution in [-0.4, -0.2) is 140 Å². The van der Waals surface area contributed by atoms with Crippen LogP contribution in [0.1, 0.15) is 76.0 Å². The molecule has 0 spiro atoms. The minimum absolute atomic E-state index is 0.0298. The molecular weight excluding hydrogens is 1000 g/mol. The Hall–Kier alpha value is -6.10. The number of fused-ring (bicyclic) bond motifs is 1. The fraction of sp³-hybridized carbons (Fsp3) is 0.481. The largest absolute Gasteiger partial charge is 0.394 e. The highest BCUT2D eigenvalue weighted by atomic mass is 33.1. The van der Waals surface area contributed by atoms with Crippen molar-refractivity contribution in [1.82, 2.24) is 36.9 Å². The van der Waals surface area contributed by atoms with E-state index in [0.29, 0.717) is 24.0 Å². The fourth-order valence-corrected chi connectivity index (χ4v) is 10.9. The summed E-state index contributed by atoms with van der Waals surface area (Å²) in [6.07, 6.45) is -0.210. The van der Waals surface area contributed by atoms with Crippen LogP contribution in [0.2, 0.25) is 0 Å². The number of H-pyrrole nitrogens is 1. The molecule has 4 aromatic rings. The molecule has 6 amide bonds. The molecule has 406 valence electrons. The highest BCUT2D eigenvalue weighted by Crippen LogP contribution is 2.26. The van der Waals surface area contributed by atoms with Crippen LogP contribution < -0.4 is 37.6 Å². The van der Waals surface area contributed by atoms with Crippen LogP contribution in [0, 0.1) is 11.8 Å². The van der Waals surface area contributed by atoms with Gasteiger partial charge >= 0.3 is 0 Å². The van der Waals surface area contributed by atoms with E-state index in [1.54, 1.807) is 43.5 Å². The van der Waals surface area contributed by atoms with Gasteiger partial charge in [-0.2, -0.15) is 0 Å². The van der Waals surface area contributed by atoms with E-state index < -0.39 is 115 Å². The van der Waals surface area contributed by atoms with Crippen LogP contribution in [-0.2, 0) is 57.6 Å². The summed E-state index contributed by atoms with van der Waals surface area (Å²) in [5, 5.41) is 48.3. The Balaban J connectivity index is 1.60. The molecule has 19 nitrogen and oxygen atoms in total. The van der Waals surface area contributed by atoms with Crippen LogP contribution >= 0.6 is 21.6 Å². The Bertz CT molecular complexity index is 2530. The summed E-state index contributed by atoms with van der Waals surface area (Å²) < 4.78 is 0. The average molecular weight is 1070 g/mol.